The van der Waals surface area contributed by atoms with Crippen LogP contribution in [-0.2, 0) is 0 Å². The molecule has 0 aromatic carbocycles. The number of aromatic nitrogens is 2. The number of aliphatic hydroxyl groups excluding tert-OH is 1. The minimum Gasteiger partial charge on any atom is -0.393 e. The summed E-state index contributed by atoms with van der Waals surface area (Å²) in [5, 5.41) is 16.7. The Morgan fingerprint density at radius 1 is 1.10 bits per heavy atom. The van der Waals surface area contributed by atoms with Crippen LogP contribution in [0.15, 0.2) is 0 Å². The Labute approximate surface area is 121 Å². The van der Waals surface area contributed by atoms with Crippen molar-refractivity contribution in [1.29, 1.82) is 0 Å². The van der Waals surface area contributed by atoms with Crippen molar-refractivity contribution in [3.05, 3.63) is 11.4 Å². The van der Waals surface area contributed by atoms with Crippen LogP contribution < -0.4 is 10.6 Å². The van der Waals surface area contributed by atoms with Crippen molar-refractivity contribution < 1.29 is 5.11 Å². The van der Waals surface area contributed by atoms with E-state index >= 15 is 0 Å². The Morgan fingerprint density at radius 2 is 1.75 bits per heavy atom. The average Bonchev–Trinajstić information content (AvgIpc) is 2.42. The maximum Gasteiger partial charge on any atom is 0.134 e. The summed E-state index contributed by atoms with van der Waals surface area (Å²) in [6.07, 6.45) is 4.21. The molecule has 1 aliphatic carbocycles. The first-order valence-electron chi connectivity index (χ1n) is 7.62. The lowest BCUT2D eigenvalue weighted by Crippen LogP contribution is -2.30. The fraction of sp³-hybridized carbons (Fsp3) is 0.733. The SMILES string of the molecule is CCNc1nc(C)nc(NCC2CCCCC2O)c1C. The Kier molecular flexibility index (Phi) is 5.17. The molecule has 0 aliphatic heterocycles. The van der Waals surface area contributed by atoms with Gasteiger partial charge in [0.1, 0.15) is 17.5 Å². The highest BCUT2D eigenvalue weighted by Crippen LogP contribution is 2.26. The molecule has 2 atom stereocenters. The van der Waals surface area contributed by atoms with Crippen molar-refractivity contribution >= 4 is 11.6 Å². The Bertz CT molecular complexity index is 450. The molecular formula is C15H26N4O. The van der Waals surface area contributed by atoms with Gasteiger partial charge in [0, 0.05) is 24.6 Å². The van der Waals surface area contributed by atoms with Crippen LogP contribution in [0.25, 0.3) is 0 Å². The van der Waals surface area contributed by atoms with E-state index in [0.29, 0.717) is 5.92 Å². The van der Waals surface area contributed by atoms with E-state index in [0.717, 1.165) is 55.4 Å². The second-order valence-corrected chi connectivity index (χ2v) is 5.62. The van der Waals surface area contributed by atoms with Gasteiger partial charge in [-0.15, -0.1) is 0 Å². The molecule has 2 unspecified atom stereocenters. The zero-order valence-electron chi connectivity index (χ0n) is 12.7. The van der Waals surface area contributed by atoms with Crippen LogP contribution in [0.1, 0.15) is 44.0 Å². The standard InChI is InChI=1S/C15H26N4O/c1-4-16-14-10(2)15(19-11(3)18-14)17-9-12-7-5-6-8-13(12)20/h12-13,20H,4-9H2,1-3H3,(H2,16,17,18,19). The molecule has 2 rings (SSSR count). The Hall–Kier alpha value is -1.36. The second-order valence-electron chi connectivity index (χ2n) is 5.62. The molecule has 3 N–H and O–H groups in total. The topological polar surface area (TPSA) is 70.1 Å². The van der Waals surface area contributed by atoms with Crippen molar-refractivity contribution in [1.82, 2.24) is 9.97 Å². The number of hydrogen-bond acceptors (Lipinski definition) is 5. The molecule has 0 radical (unpaired) electrons. The highest BCUT2D eigenvalue weighted by Gasteiger charge is 2.23. The summed E-state index contributed by atoms with van der Waals surface area (Å²) in [5.41, 5.74) is 1.04. The molecule has 0 bridgehead atoms. The molecule has 1 heterocycles. The van der Waals surface area contributed by atoms with Gasteiger partial charge in [-0.25, -0.2) is 9.97 Å². The van der Waals surface area contributed by atoms with Crippen molar-refractivity contribution in [3.63, 3.8) is 0 Å². The number of hydrogen-bond donors (Lipinski definition) is 3. The molecular weight excluding hydrogens is 252 g/mol. The van der Waals surface area contributed by atoms with Crippen LogP contribution >= 0.6 is 0 Å². The summed E-state index contributed by atoms with van der Waals surface area (Å²) in [4.78, 5) is 8.90. The van der Waals surface area contributed by atoms with E-state index in [2.05, 4.69) is 27.5 Å². The molecule has 1 saturated carbocycles. The lowest BCUT2D eigenvalue weighted by Gasteiger charge is -2.28. The number of anilines is 2. The van der Waals surface area contributed by atoms with Crippen molar-refractivity contribution in [2.75, 3.05) is 23.7 Å². The predicted molar refractivity (Wildman–Crippen MR) is 82.1 cm³/mol. The van der Waals surface area contributed by atoms with E-state index in [4.69, 9.17) is 0 Å². The van der Waals surface area contributed by atoms with E-state index in [1.807, 2.05) is 13.8 Å². The van der Waals surface area contributed by atoms with E-state index in [1.165, 1.54) is 6.42 Å². The maximum atomic E-state index is 10.0. The van der Waals surface area contributed by atoms with Gasteiger partial charge >= 0.3 is 0 Å². The van der Waals surface area contributed by atoms with E-state index in [9.17, 15) is 5.11 Å². The largest absolute Gasteiger partial charge is 0.393 e. The minimum atomic E-state index is -0.173. The van der Waals surface area contributed by atoms with Gasteiger partial charge in [-0.05, 0) is 33.6 Å². The molecule has 0 amide bonds. The second kappa shape index (κ2) is 6.88. The van der Waals surface area contributed by atoms with Gasteiger partial charge in [-0.1, -0.05) is 12.8 Å². The Balaban J connectivity index is 2.04. The number of aryl methyl sites for hydroxylation is 1. The molecule has 112 valence electrons. The van der Waals surface area contributed by atoms with E-state index < -0.39 is 0 Å². The minimum absolute atomic E-state index is 0.173. The van der Waals surface area contributed by atoms with Gasteiger partial charge in [-0.3, -0.25) is 0 Å². The lowest BCUT2D eigenvalue weighted by molar-refractivity contribution is 0.0763. The summed E-state index contributed by atoms with van der Waals surface area (Å²) in [6, 6.07) is 0. The smallest absolute Gasteiger partial charge is 0.134 e. The number of nitrogens with zero attached hydrogens (tertiary/aromatic N) is 2. The van der Waals surface area contributed by atoms with Gasteiger partial charge in [0.15, 0.2) is 0 Å². The first-order valence-corrected chi connectivity index (χ1v) is 7.62. The molecule has 1 aromatic heterocycles. The summed E-state index contributed by atoms with van der Waals surface area (Å²) >= 11 is 0. The highest BCUT2D eigenvalue weighted by molar-refractivity contribution is 5.57. The van der Waals surface area contributed by atoms with Crippen LogP contribution in [0.5, 0.6) is 0 Å². The number of rotatable bonds is 5. The van der Waals surface area contributed by atoms with Gasteiger partial charge in [0.05, 0.1) is 6.10 Å². The summed E-state index contributed by atoms with van der Waals surface area (Å²) in [7, 11) is 0. The molecule has 1 aliphatic rings. The molecule has 20 heavy (non-hydrogen) atoms. The lowest BCUT2D eigenvalue weighted by atomic mass is 9.86. The van der Waals surface area contributed by atoms with Crippen molar-refractivity contribution in [2.24, 2.45) is 5.92 Å². The monoisotopic (exact) mass is 278 g/mol. The third-order valence-electron chi connectivity index (χ3n) is 4.00. The summed E-state index contributed by atoms with van der Waals surface area (Å²) in [6.45, 7) is 7.61. The molecule has 5 heteroatoms. The first kappa shape index (κ1) is 15.0. The molecule has 1 fully saturated rings. The molecule has 0 spiro atoms. The fourth-order valence-corrected chi connectivity index (χ4v) is 2.79. The first-order chi connectivity index (χ1) is 9.61. The van der Waals surface area contributed by atoms with Crippen LogP contribution in [-0.4, -0.2) is 34.3 Å². The quantitative estimate of drug-likeness (QED) is 0.772. The predicted octanol–water partition coefficient (Wildman–Crippen LogP) is 2.49. The van der Waals surface area contributed by atoms with Crippen molar-refractivity contribution in [2.45, 2.75) is 52.6 Å². The highest BCUT2D eigenvalue weighted by atomic mass is 16.3. The van der Waals surface area contributed by atoms with Crippen LogP contribution in [0.3, 0.4) is 0 Å². The summed E-state index contributed by atoms with van der Waals surface area (Å²) in [5.74, 6) is 2.87. The molecule has 1 aromatic rings. The summed E-state index contributed by atoms with van der Waals surface area (Å²) < 4.78 is 0. The third-order valence-corrected chi connectivity index (χ3v) is 4.00. The Morgan fingerprint density at radius 3 is 2.40 bits per heavy atom. The van der Waals surface area contributed by atoms with Gasteiger partial charge in [0.2, 0.25) is 0 Å². The maximum absolute atomic E-state index is 10.0. The van der Waals surface area contributed by atoms with Gasteiger partial charge in [0.25, 0.3) is 0 Å². The number of nitrogens with one attached hydrogen (secondary N) is 2. The fourth-order valence-electron chi connectivity index (χ4n) is 2.79. The van der Waals surface area contributed by atoms with Gasteiger partial charge in [-0.2, -0.15) is 0 Å². The van der Waals surface area contributed by atoms with Crippen molar-refractivity contribution in [3.8, 4) is 0 Å². The van der Waals surface area contributed by atoms with Crippen LogP contribution in [0.2, 0.25) is 0 Å². The normalized spacial score (nSPS) is 22.6. The number of aliphatic hydroxyl groups is 1. The molecule has 0 saturated heterocycles. The van der Waals surface area contributed by atoms with Gasteiger partial charge < -0.3 is 15.7 Å². The third kappa shape index (κ3) is 3.60. The van der Waals surface area contributed by atoms with E-state index in [1.54, 1.807) is 0 Å². The average molecular weight is 278 g/mol. The van der Waals surface area contributed by atoms with Crippen LogP contribution in [0.4, 0.5) is 11.6 Å². The molecule has 5 nitrogen and oxygen atoms in total. The zero-order valence-corrected chi connectivity index (χ0v) is 12.7. The van der Waals surface area contributed by atoms with Crippen LogP contribution in [0, 0.1) is 19.8 Å². The van der Waals surface area contributed by atoms with E-state index in [-0.39, 0.29) is 6.10 Å². The zero-order chi connectivity index (χ0) is 14.5.